The maximum absolute atomic E-state index is 13.3. The molecule has 2 aromatic heterocycles. The van der Waals surface area contributed by atoms with Crippen molar-refractivity contribution in [2.45, 2.75) is 31.1 Å². The molecule has 1 aromatic carbocycles. The number of carbonyl (C=O) groups excluding carboxylic acids is 1. The summed E-state index contributed by atoms with van der Waals surface area (Å²) in [5, 5.41) is 4.11. The summed E-state index contributed by atoms with van der Waals surface area (Å²) in [6.45, 7) is 3.50. The van der Waals surface area contributed by atoms with Gasteiger partial charge in [-0.3, -0.25) is 9.78 Å². The van der Waals surface area contributed by atoms with Crippen LogP contribution in [-0.2, 0) is 10.2 Å². The zero-order valence-corrected chi connectivity index (χ0v) is 15.8. The van der Waals surface area contributed by atoms with Crippen LogP contribution in [-0.4, -0.2) is 39.0 Å². The van der Waals surface area contributed by atoms with E-state index in [-0.39, 0.29) is 23.2 Å². The number of hydrogen-bond acceptors (Lipinski definition) is 5. The van der Waals surface area contributed by atoms with Crippen molar-refractivity contribution in [3.63, 3.8) is 0 Å². The van der Waals surface area contributed by atoms with Gasteiger partial charge in [-0.25, -0.2) is 0 Å². The third-order valence-electron chi connectivity index (χ3n) is 6.06. The van der Waals surface area contributed by atoms with E-state index in [2.05, 4.69) is 34.2 Å². The molecule has 3 heterocycles. The van der Waals surface area contributed by atoms with Crippen molar-refractivity contribution in [1.82, 2.24) is 20.0 Å². The summed E-state index contributed by atoms with van der Waals surface area (Å²) in [7, 11) is 0. The van der Waals surface area contributed by atoms with Gasteiger partial charge in [-0.05, 0) is 36.5 Å². The Morgan fingerprint density at radius 1 is 1.14 bits per heavy atom. The van der Waals surface area contributed by atoms with Crippen molar-refractivity contribution >= 4 is 5.91 Å². The van der Waals surface area contributed by atoms with Crippen LogP contribution >= 0.6 is 0 Å². The second kappa shape index (κ2) is 6.55. The average molecular weight is 374 g/mol. The van der Waals surface area contributed by atoms with Crippen molar-refractivity contribution < 1.29 is 9.32 Å². The standard InChI is InChI=1S/C22H22N4O2/c1-15-13-26(21(27)22(9-10-22)17-7-3-2-4-8-17)14-18(15)20-24-19(25-28-20)16-6-5-11-23-12-16/h2-8,11-12,15,18H,9-10,13-14H2,1H3. The third-order valence-corrected chi connectivity index (χ3v) is 6.06. The van der Waals surface area contributed by atoms with E-state index in [1.54, 1.807) is 12.4 Å². The Bertz CT molecular complexity index is 982. The van der Waals surface area contributed by atoms with Gasteiger partial charge in [0.05, 0.1) is 11.3 Å². The molecule has 0 N–H and O–H groups in total. The molecular weight excluding hydrogens is 352 g/mol. The topological polar surface area (TPSA) is 72.1 Å². The summed E-state index contributed by atoms with van der Waals surface area (Å²) in [6.07, 6.45) is 5.29. The first-order valence-corrected chi connectivity index (χ1v) is 9.76. The molecule has 0 radical (unpaired) electrons. The largest absolute Gasteiger partial charge is 0.341 e. The number of pyridine rings is 1. The highest BCUT2D eigenvalue weighted by atomic mass is 16.5. The van der Waals surface area contributed by atoms with E-state index in [0.717, 1.165) is 30.5 Å². The van der Waals surface area contributed by atoms with Gasteiger partial charge in [-0.2, -0.15) is 4.98 Å². The van der Waals surface area contributed by atoms with Gasteiger partial charge in [0.25, 0.3) is 0 Å². The number of aromatic nitrogens is 3. The summed E-state index contributed by atoms with van der Waals surface area (Å²) in [5.74, 6) is 1.72. The van der Waals surface area contributed by atoms with Gasteiger partial charge in [-0.1, -0.05) is 42.4 Å². The Kier molecular flexibility index (Phi) is 4.00. The molecule has 3 aromatic rings. The van der Waals surface area contributed by atoms with E-state index in [1.165, 1.54) is 0 Å². The Balaban J connectivity index is 1.35. The zero-order valence-electron chi connectivity index (χ0n) is 15.8. The Labute approximate surface area is 163 Å². The highest BCUT2D eigenvalue weighted by Gasteiger charge is 2.54. The van der Waals surface area contributed by atoms with E-state index in [9.17, 15) is 4.79 Å². The van der Waals surface area contributed by atoms with Crippen LogP contribution in [0.3, 0.4) is 0 Å². The first kappa shape index (κ1) is 17.1. The molecule has 0 bridgehead atoms. The predicted molar refractivity (Wildman–Crippen MR) is 103 cm³/mol. The normalized spacial score (nSPS) is 23.0. The number of hydrogen-bond donors (Lipinski definition) is 0. The minimum absolute atomic E-state index is 0.0634. The molecule has 1 saturated heterocycles. The number of benzene rings is 1. The van der Waals surface area contributed by atoms with Crippen LogP contribution in [0.25, 0.3) is 11.4 Å². The smallest absolute Gasteiger partial charge is 0.233 e. The molecule has 6 nitrogen and oxygen atoms in total. The minimum Gasteiger partial charge on any atom is -0.341 e. The van der Waals surface area contributed by atoms with E-state index in [1.807, 2.05) is 35.2 Å². The molecular formula is C22H22N4O2. The molecule has 2 unspecified atom stereocenters. The number of likely N-dealkylation sites (tertiary alicyclic amines) is 1. The lowest BCUT2D eigenvalue weighted by Crippen LogP contribution is -2.38. The second-order valence-corrected chi connectivity index (χ2v) is 7.94. The van der Waals surface area contributed by atoms with Crippen LogP contribution in [0.1, 0.15) is 37.1 Å². The summed E-state index contributed by atoms with van der Waals surface area (Å²) in [5.41, 5.74) is 1.64. The Morgan fingerprint density at radius 2 is 1.96 bits per heavy atom. The molecule has 2 atom stereocenters. The van der Waals surface area contributed by atoms with Crippen LogP contribution in [0.4, 0.5) is 0 Å². The molecule has 1 saturated carbocycles. The molecule has 6 heteroatoms. The van der Waals surface area contributed by atoms with Crippen molar-refractivity contribution in [3.05, 3.63) is 66.3 Å². The fourth-order valence-corrected chi connectivity index (χ4v) is 4.26. The third kappa shape index (κ3) is 2.80. The molecule has 5 rings (SSSR count). The lowest BCUT2D eigenvalue weighted by atomic mass is 9.94. The summed E-state index contributed by atoms with van der Waals surface area (Å²) in [6, 6.07) is 13.9. The molecule has 1 amide bonds. The second-order valence-electron chi connectivity index (χ2n) is 7.94. The molecule has 0 spiro atoms. The van der Waals surface area contributed by atoms with E-state index in [4.69, 9.17) is 4.52 Å². The van der Waals surface area contributed by atoms with Crippen molar-refractivity contribution in [3.8, 4) is 11.4 Å². The highest BCUT2D eigenvalue weighted by molar-refractivity contribution is 5.91. The summed E-state index contributed by atoms with van der Waals surface area (Å²) < 4.78 is 5.56. The Hall–Kier alpha value is -3.02. The van der Waals surface area contributed by atoms with E-state index >= 15 is 0 Å². The molecule has 1 aliphatic heterocycles. The van der Waals surface area contributed by atoms with Crippen LogP contribution < -0.4 is 0 Å². The van der Waals surface area contributed by atoms with Crippen LogP contribution in [0.2, 0.25) is 0 Å². The quantitative estimate of drug-likeness (QED) is 0.700. The lowest BCUT2D eigenvalue weighted by molar-refractivity contribution is -0.133. The maximum atomic E-state index is 13.3. The van der Waals surface area contributed by atoms with Gasteiger partial charge in [-0.15, -0.1) is 0 Å². The van der Waals surface area contributed by atoms with Crippen molar-refractivity contribution in [2.75, 3.05) is 13.1 Å². The molecule has 1 aliphatic carbocycles. The van der Waals surface area contributed by atoms with Gasteiger partial charge in [0, 0.05) is 31.0 Å². The first-order chi connectivity index (χ1) is 13.7. The summed E-state index contributed by atoms with van der Waals surface area (Å²) >= 11 is 0. The van der Waals surface area contributed by atoms with Crippen molar-refractivity contribution in [2.24, 2.45) is 5.92 Å². The van der Waals surface area contributed by atoms with Crippen molar-refractivity contribution in [1.29, 1.82) is 0 Å². The fourth-order valence-electron chi connectivity index (χ4n) is 4.26. The van der Waals surface area contributed by atoms with Gasteiger partial charge < -0.3 is 9.42 Å². The maximum Gasteiger partial charge on any atom is 0.233 e. The van der Waals surface area contributed by atoms with Crippen LogP contribution in [0.15, 0.2) is 59.4 Å². The van der Waals surface area contributed by atoms with E-state index in [0.29, 0.717) is 18.3 Å². The number of carbonyl (C=O) groups is 1. The fraction of sp³-hybridized carbons (Fsp3) is 0.364. The number of nitrogens with zero attached hydrogens (tertiary/aromatic N) is 4. The van der Waals surface area contributed by atoms with E-state index < -0.39 is 0 Å². The van der Waals surface area contributed by atoms with Gasteiger partial charge in [0.2, 0.25) is 17.6 Å². The van der Waals surface area contributed by atoms with Gasteiger partial charge in [0.1, 0.15) is 0 Å². The number of amides is 1. The van der Waals surface area contributed by atoms with Gasteiger partial charge >= 0.3 is 0 Å². The molecule has 28 heavy (non-hydrogen) atoms. The SMILES string of the molecule is CC1CN(C(=O)C2(c3ccccc3)CC2)CC1c1nc(-c2cccnc2)no1. The molecule has 2 aliphatic rings. The summed E-state index contributed by atoms with van der Waals surface area (Å²) in [4.78, 5) is 24.0. The van der Waals surface area contributed by atoms with Gasteiger partial charge in [0.15, 0.2) is 0 Å². The van der Waals surface area contributed by atoms with Crippen LogP contribution in [0, 0.1) is 5.92 Å². The molecule has 2 fully saturated rings. The lowest BCUT2D eigenvalue weighted by Gasteiger charge is -2.23. The molecule has 142 valence electrons. The predicted octanol–water partition coefficient (Wildman–Crippen LogP) is 3.43. The Morgan fingerprint density at radius 3 is 2.68 bits per heavy atom. The first-order valence-electron chi connectivity index (χ1n) is 9.76. The zero-order chi connectivity index (χ0) is 19.1. The average Bonchev–Trinajstić information content (AvgIpc) is 3.25. The monoisotopic (exact) mass is 374 g/mol. The highest BCUT2D eigenvalue weighted by Crippen LogP contribution is 2.50. The number of rotatable bonds is 4. The van der Waals surface area contributed by atoms with Crippen LogP contribution in [0.5, 0.6) is 0 Å². The minimum atomic E-state index is -0.328.